The molecule has 2 aromatic carbocycles. The zero-order valence-electron chi connectivity index (χ0n) is 11.1. The van der Waals surface area contributed by atoms with Gasteiger partial charge in [0, 0.05) is 6.42 Å². The lowest BCUT2D eigenvalue weighted by Gasteiger charge is -1.99. The van der Waals surface area contributed by atoms with Crippen LogP contribution in [0, 0.1) is 11.3 Å². The first-order valence-electron chi connectivity index (χ1n) is 6.78. The summed E-state index contributed by atoms with van der Waals surface area (Å²) in [6.45, 7) is 0. The molecular weight excluding hydrogens is 246 g/mol. The molecule has 0 radical (unpaired) electrons. The van der Waals surface area contributed by atoms with Gasteiger partial charge in [-0.05, 0) is 36.6 Å². The summed E-state index contributed by atoms with van der Waals surface area (Å²) in [6.07, 6.45) is 3.04. The number of nitrogens with one attached hydrogen (secondary N) is 1. The van der Waals surface area contributed by atoms with Gasteiger partial charge in [0.15, 0.2) is 0 Å². The minimum atomic E-state index is 0.664. The standard InChI is InChI=1S/C17H15N3/c18-12-14-9-10-15-16(11-14)20-17(19-15)8-4-7-13-5-2-1-3-6-13/h1-3,5-6,9-11H,4,7-8H2,(H,19,20). The van der Waals surface area contributed by atoms with E-state index in [1.807, 2.05) is 18.2 Å². The van der Waals surface area contributed by atoms with Crippen LogP contribution in [0.15, 0.2) is 48.5 Å². The summed E-state index contributed by atoms with van der Waals surface area (Å²) >= 11 is 0. The normalized spacial score (nSPS) is 10.6. The lowest BCUT2D eigenvalue weighted by atomic mass is 10.1. The molecule has 20 heavy (non-hydrogen) atoms. The van der Waals surface area contributed by atoms with Crippen LogP contribution in [0.1, 0.15) is 23.4 Å². The Morgan fingerprint density at radius 2 is 1.90 bits per heavy atom. The Labute approximate surface area is 117 Å². The summed E-state index contributed by atoms with van der Waals surface area (Å²) in [5.74, 6) is 0.992. The van der Waals surface area contributed by atoms with E-state index in [1.54, 1.807) is 6.07 Å². The predicted octanol–water partition coefficient (Wildman–Crippen LogP) is 3.61. The van der Waals surface area contributed by atoms with Gasteiger partial charge in [0.1, 0.15) is 5.82 Å². The number of aryl methyl sites for hydroxylation is 2. The molecule has 0 aliphatic carbocycles. The van der Waals surface area contributed by atoms with E-state index >= 15 is 0 Å². The summed E-state index contributed by atoms with van der Waals surface area (Å²) in [5.41, 5.74) is 3.89. The minimum Gasteiger partial charge on any atom is -0.342 e. The quantitative estimate of drug-likeness (QED) is 0.780. The molecule has 98 valence electrons. The van der Waals surface area contributed by atoms with Crippen LogP contribution in [-0.2, 0) is 12.8 Å². The average Bonchev–Trinajstić information content (AvgIpc) is 2.90. The lowest BCUT2D eigenvalue weighted by Crippen LogP contribution is -1.91. The summed E-state index contributed by atoms with van der Waals surface area (Å²) in [4.78, 5) is 7.85. The van der Waals surface area contributed by atoms with Gasteiger partial charge in [-0.1, -0.05) is 30.3 Å². The molecule has 0 saturated heterocycles. The fourth-order valence-corrected chi connectivity index (χ4v) is 2.36. The number of nitriles is 1. The van der Waals surface area contributed by atoms with E-state index in [1.165, 1.54) is 5.56 Å². The highest BCUT2D eigenvalue weighted by atomic mass is 14.9. The van der Waals surface area contributed by atoms with E-state index in [9.17, 15) is 0 Å². The van der Waals surface area contributed by atoms with E-state index in [4.69, 9.17) is 5.26 Å². The number of aromatic amines is 1. The van der Waals surface area contributed by atoms with Gasteiger partial charge in [0.2, 0.25) is 0 Å². The number of fused-ring (bicyclic) bond motifs is 1. The van der Waals surface area contributed by atoms with E-state index in [0.717, 1.165) is 36.1 Å². The molecule has 3 aromatic rings. The molecule has 0 bridgehead atoms. The number of aromatic nitrogens is 2. The maximum Gasteiger partial charge on any atom is 0.107 e. The predicted molar refractivity (Wildman–Crippen MR) is 79.3 cm³/mol. The molecule has 1 heterocycles. The van der Waals surface area contributed by atoms with Crippen LogP contribution in [0.4, 0.5) is 0 Å². The number of benzene rings is 2. The smallest absolute Gasteiger partial charge is 0.107 e. The third-order valence-corrected chi connectivity index (χ3v) is 3.38. The van der Waals surface area contributed by atoms with Gasteiger partial charge in [0.25, 0.3) is 0 Å². The fourth-order valence-electron chi connectivity index (χ4n) is 2.36. The van der Waals surface area contributed by atoms with Crippen LogP contribution in [0.5, 0.6) is 0 Å². The van der Waals surface area contributed by atoms with Crippen molar-refractivity contribution in [3.8, 4) is 6.07 Å². The third-order valence-electron chi connectivity index (χ3n) is 3.38. The van der Waals surface area contributed by atoms with Crippen LogP contribution in [0.3, 0.4) is 0 Å². The van der Waals surface area contributed by atoms with E-state index in [0.29, 0.717) is 5.56 Å². The number of rotatable bonds is 4. The molecule has 0 atom stereocenters. The summed E-state index contributed by atoms with van der Waals surface area (Å²) in [5, 5.41) is 8.89. The first-order chi connectivity index (χ1) is 9.85. The third kappa shape index (κ3) is 2.70. The van der Waals surface area contributed by atoms with Crippen LogP contribution in [-0.4, -0.2) is 9.97 Å². The second kappa shape index (κ2) is 5.58. The number of hydrogen-bond donors (Lipinski definition) is 1. The number of H-pyrrole nitrogens is 1. The zero-order valence-corrected chi connectivity index (χ0v) is 11.1. The van der Waals surface area contributed by atoms with Crippen molar-refractivity contribution in [1.82, 2.24) is 9.97 Å². The van der Waals surface area contributed by atoms with Crippen molar-refractivity contribution in [1.29, 1.82) is 5.26 Å². The molecule has 1 N–H and O–H groups in total. The van der Waals surface area contributed by atoms with Crippen LogP contribution in [0.25, 0.3) is 11.0 Å². The fraction of sp³-hybridized carbons (Fsp3) is 0.176. The summed E-state index contributed by atoms with van der Waals surface area (Å²) in [6, 6.07) is 18.2. The highest BCUT2D eigenvalue weighted by Gasteiger charge is 2.03. The first-order valence-corrected chi connectivity index (χ1v) is 6.78. The van der Waals surface area contributed by atoms with Gasteiger partial charge in [-0.3, -0.25) is 0 Å². The molecular formula is C17H15N3. The van der Waals surface area contributed by atoms with Crippen molar-refractivity contribution in [3.05, 3.63) is 65.5 Å². The van der Waals surface area contributed by atoms with Crippen LogP contribution < -0.4 is 0 Å². The van der Waals surface area contributed by atoms with Gasteiger partial charge in [-0.25, -0.2) is 4.98 Å². The summed E-state index contributed by atoms with van der Waals surface area (Å²) < 4.78 is 0. The second-order valence-electron chi connectivity index (χ2n) is 4.87. The molecule has 0 amide bonds. The Balaban J connectivity index is 1.67. The topological polar surface area (TPSA) is 52.5 Å². The van der Waals surface area contributed by atoms with Crippen molar-refractivity contribution in [2.24, 2.45) is 0 Å². The average molecular weight is 261 g/mol. The summed E-state index contributed by atoms with van der Waals surface area (Å²) in [7, 11) is 0. The molecule has 0 saturated carbocycles. The van der Waals surface area contributed by atoms with Gasteiger partial charge in [-0.15, -0.1) is 0 Å². The van der Waals surface area contributed by atoms with Crippen molar-refractivity contribution < 1.29 is 0 Å². The van der Waals surface area contributed by atoms with Crippen LogP contribution >= 0.6 is 0 Å². The molecule has 0 unspecified atom stereocenters. The van der Waals surface area contributed by atoms with Crippen molar-refractivity contribution in [2.45, 2.75) is 19.3 Å². The van der Waals surface area contributed by atoms with Gasteiger partial charge < -0.3 is 4.98 Å². The molecule has 0 aliphatic heterocycles. The van der Waals surface area contributed by atoms with Crippen LogP contribution in [0.2, 0.25) is 0 Å². The Kier molecular flexibility index (Phi) is 3.47. The maximum atomic E-state index is 8.89. The highest BCUT2D eigenvalue weighted by Crippen LogP contribution is 2.15. The Hall–Kier alpha value is -2.60. The number of hydrogen-bond acceptors (Lipinski definition) is 2. The molecule has 3 heteroatoms. The van der Waals surface area contributed by atoms with Gasteiger partial charge in [-0.2, -0.15) is 5.26 Å². The number of nitrogens with zero attached hydrogens (tertiary/aromatic N) is 2. The molecule has 3 nitrogen and oxygen atoms in total. The van der Waals surface area contributed by atoms with E-state index < -0.39 is 0 Å². The second-order valence-corrected chi connectivity index (χ2v) is 4.87. The first kappa shape index (κ1) is 12.4. The molecule has 3 rings (SSSR count). The van der Waals surface area contributed by atoms with E-state index in [-0.39, 0.29) is 0 Å². The monoisotopic (exact) mass is 261 g/mol. The Morgan fingerprint density at radius 1 is 1.05 bits per heavy atom. The van der Waals surface area contributed by atoms with Gasteiger partial charge >= 0.3 is 0 Å². The number of imidazole rings is 1. The Bertz CT molecular complexity index is 751. The molecule has 0 aliphatic rings. The highest BCUT2D eigenvalue weighted by molar-refractivity contribution is 5.76. The maximum absolute atomic E-state index is 8.89. The van der Waals surface area contributed by atoms with Crippen molar-refractivity contribution in [3.63, 3.8) is 0 Å². The van der Waals surface area contributed by atoms with E-state index in [2.05, 4.69) is 40.3 Å². The molecule has 0 spiro atoms. The van der Waals surface area contributed by atoms with Crippen molar-refractivity contribution >= 4 is 11.0 Å². The molecule has 0 fully saturated rings. The lowest BCUT2D eigenvalue weighted by molar-refractivity contribution is 0.786. The van der Waals surface area contributed by atoms with Gasteiger partial charge in [0.05, 0.1) is 22.7 Å². The SMILES string of the molecule is N#Cc1ccc2nc(CCCc3ccccc3)[nH]c2c1. The molecule has 1 aromatic heterocycles. The van der Waals surface area contributed by atoms with Crippen molar-refractivity contribution in [2.75, 3.05) is 0 Å². The minimum absolute atomic E-state index is 0.664. The largest absolute Gasteiger partial charge is 0.342 e. The zero-order chi connectivity index (χ0) is 13.8. The Morgan fingerprint density at radius 3 is 2.70 bits per heavy atom.